The van der Waals surface area contributed by atoms with Crippen molar-refractivity contribution in [1.29, 1.82) is 0 Å². The Morgan fingerprint density at radius 3 is 2.43 bits per heavy atom. The summed E-state index contributed by atoms with van der Waals surface area (Å²) in [6, 6.07) is 13.6. The van der Waals surface area contributed by atoms with Crippen LogP contribution >= 0.6 is 11.8 Å². The molecule has 3 aromatic rings. The first-order valence-electron chi connectivity index (χ1n) is 11.1. The number of anilines is 1. The monoisotopic (exact) mass is 495 g/mol. The predicted octanol–water partition coefficient (Wildman–Crippen LogP) is 4.09. The molecule has 9 nitrogen and oxygen atoms in total. The fourth-order valence-corrected chi connectivity index (χ4v) is 4.00. The largest absolute Gasteiger partial charge is 0.497 e. The summed E-state index contributed by atoms with van der Waals surface area (Å²) < 4.78 is 12.4. The number of ether oxygens (including phenoxy) is 2. The van der Waals surface area contributed by atoms with Crippen molar-refractivity contribution in [3.63, 3.8) is 0 Å². The average Bonchev–Trinajstić information content (AvgIpc) is 3.27. The van der Waals surface area contributed by atoms with Crippen LogP contribution in [0.1, 0.15) is 36.1 Å². The maximum absolute atomic E-state index is 12.7. The van der Waals surface area contributed by atoms with E-state index in [2.05, 4.69) is 27.4 Å². The van der Waals surface area contributed by atoms with Crippen molar-refractivity contribution in [1.82, 2.24) is 20.1 Å². The third-order valence-electron chi connectivity index (χ3n) is 4.93. The van der Waals surface area contributed by atoms with Crippen LogP contribution in [0.5, 0.6) is 11.5 Å². The van der Waals surface area contributed by atoms with Crippen LogP contribution in [-0.4, -0.2) is 46.0 Å². The van der Waals surface area contributed by atoms with Gasteiger partial charge in [-0.3, -0.25) is 9.59 Å². The van der Waals surface area contributed by atoms with E-state index < -0.39 is 6.04 Å². The number of carbonyl (C=O) groups excluding carboxylic acids is 2. The molecular formula is C25H29N5O4S. The van der Waals surface area contributed by atoms with Gasteiger partial charge in [0, 0.05) is 17.8 Å². The van der Waals surface area contributed by atoms with E-state index in [0.717, 1.165) is 5.75 Å². The van der Waals surface area contributed by atoms with Gasteiger partial charge in [-0.1, -0.05) is 17.8 Å². The Bertz CT molecular complexity index is 1150. The number of benzene rings is 2. The van der Waals surface area contributed by atoms with Crippen molar-refractivity contribution in [3.8, 4) is 11.5 Å². The Hall–Kier alpha value is -3.79. The molecule has 3 rings (SSSR count). The molecule has 2 amide bonds. The van der Waals surface area contributed by atoms with Crippen molar-refractivity contribution in [3.05, 3.63) is 72.6 Å². The van der Waals surface area contributed by atoms with Crippen molar-refractivity contribution in [2.75, 3.05) is 24.8 Å². The molecule has 0 aliphatic carbocycles. The quantitative estimate of drug-likeness (QED) is 0.288. The summed E-state index contributed by atoms with van der Waals surface area (Å²) in [5.41, 5.74) is 1.19. The SMILES string of the molecule is C=CCn1c(SCC(=O)Nc2ccc(OCC)cc2)nnc1[C@@H](C)NC(=O)c1ccc(OC)cc1. The van der Waals surface area contributed by atoms with Crippen LogP contribution in [0.15, 0.2) is 66.3 Å². The molecule has 184 valence electrons. The Kier molecular flexibility index (Phi) is 9.31. The van der Waals surface area contributed by atoms with Crippen molar-refractivity contribution >= 4 is 29.3 Å². The molecule has 0 aliphatic heterocycles. The summed E-state index contributed by atoms with van der Waals surface area (Å²) in [5.74, 6) is 1.73. The van der Waals surface area contributed by atoms with Gasteiger partial charge in [0.2, 0.25) is 5.91 Å². The Morgan fingerprint density at radius 1 is 1.11 bits per heavy atom. The van der Waals surface area contributed by atoms with Gasteiger partial charge in [-0.15, -0.1) is 16.8 Å². The minimum absolute atomic E-state index is 0.148. The fraction of sp³-hybridized carbons (Fsp3) is 0.280. The van der Waals surface area contributed by atoms with Crippen LogP contribution in [0, 0.1) is 0 Å². The van der Waals surface area contributed by atoms with Gasteiger partial charge < -0.3 is 24.7 Å². The second-order valence-corrected chi connectivity index (χ2v) is 8.40. The Labute approximate surface area is 208 Å². The highest BCUT2D eigenvalue weighted by atomic mass is 32.2. The molecule has 0 saturated heterocycles. The molecule has 2 N–H and O–H groups in total. The van der Waals surface area contributed by atoms with Crippen LogP contribution in [0.3, 0.4) is 0 Å². The lowest BCUT2D eigenvalue weighted by Crippen LogP contribution is -2.28. The van der Waals surface area contributed by atoms with E-state index in [-0.39, 0.29) is 17.6 Å². The summed E-state index contributed by atoms with van der Waals surface area (Å²) in [6.45, 7) is 8.57. The van der Waals surface area contributed by atoms with Gasteiger partial charge in [-0.25, -0.2) is 0 Å². The third-order valence-corrected chi connectivity index (χ3v) is 5.89. The highest BCUT2D eigenvalue weighted by Crippen LogP contribution is 2.22. The van der Waals surface area contributed by atoms with Crippen molar-refractivity contribution in [2.24, 2.45) is 0 Å². The molecule has 2 aromatic carbocycles. The predicted molar refractivity (Wildman–Crippen MR) is 136 cm³/mol. The highest BCUT2D eigenvalue weighted by molar-refractivity contribution is 7.99. The number of amides is 2. The lowest BCUT2D eigenvalue weighted by molar-refractivity contribution is -0.113. The minimum atomic E-state index is -0.413. The molecule has 0 saturated carbocycles. The van der Waals surface area contributed by atoms with Crippen LogP contribution in [0.4, 0.5) is 5.69 Å². The number of rotatable bonds is 12. The van der Waals surface area contributed by atoms with E-state index in [9.17, 15) is 9.59 Å². The van der Waals surface area contributed by atoms with Crippen LogP contribution in [0.2, 0.25) is 0 Å². The summed E-state index contributed by atoms with van der Waals surface area (Å²) in [6.07, 6.45) is 1.72. The number of nitrogens with zero attached hydrogens (tertiary/aromatic N) is 3. The molecule has 10 heteroatoms. The molecule has 0 fully saturated rings. The van der Waals surface area contributed by atoms with Gasteiger partial charge in [0.05, 0.1) is 25.5 Å². The smallest absolute Gasteiger partial charge is 0.251 e. The molecule has 0 spiro atoms. The fourth-order valence-electron chi connectivity index (χ4n) is 3.24. The van der Waals surface area contributed by atoms with E-state index in [0.29, 0.717) is 41.1 Å². The van der Waals surface area contributed by atoms with Gasteiger partial charge in [0.25, 0.3) is 5.91 Å². The lowest BCUT2D eigenvalue weighted by atomic mass is 10.2. The number of allylic oxidation sites excluding steroid dienone is 1. The molecule has 1 atom stereocenters. The summed E-state index contributed by atoms with van der Waals surface area (Å²) >= 11 is 1.26. The number of hydrogen-bond acceptors (Lipinski definition) is 7. The number of thioether (sulfide) groups is 1. The highest BCUT2D eigenvalue weighted by Gasteiger charge is 2.20. The maximum Gasteiger partial charge on any atom is 0.251 e. The van der Waals surface area contributed by atoms with E-state index in [4.69, 9.17) is 9.47 Å². The van der Waals surface area contributed by atoms with Crippen molar-refractivity contribution < 1.29 is 19.1 Å². The molecule has 35 heavy (non-hydrogen) atoms. The zero-order valence-electron chi connectivity index (χ0n) is 20.0. The van der Waals surface area contributed by atoms with E-state index >= 15 is 0 Å². The third kappa shape index (κ3) is 7.10. The maximum atomic E-state index is 12.7. The first kappa shape index (κ1) is 25.8. The molecule has 1 aromatic heterocycles. The summed E-state index contributed by atoms with van der Waals surface area (Å²) in [5, 5.41) is 14.9. The van der Waals surface area contributed by atoms with Gasteiger partial charge in [0.15, 0.2) is 11.0 Å². The molecular weight excluding hydrogens is 466 g/mol. The van der Waals surface area contributed by atoms with E-state index in [1.54, 1.807) is 61.7 Å². The first-order chi connectivity index (χ1) is 16.9. The van der Waals surface area contributed by atoms with E-state index in [1.807, 2.05) is 18.4 Å². The standard InChI is InChI=1S/C25H29N5O4S/c1-5-15-30-23(17(3)26-24(32)18-7-11-20(33-4)12-8-18)28-29-25(30)35-16-22(31)27-19-9-13-21(14-10-19)34-6-2/h5,7-14,17H,1,6,15-16H2,2-4H3,(H,26,32)(H,27,31)/t17-/m1/s1. The van der Waals surface area contributed by atoms with Crippen LogP contribution in [0.25, 0.3) is 0 Å². The van der Waals surface area contributed by atoms with Crippen LogP contribution in [-0.2, 0) is 11.3 Å². The Morgan fingerprint density at radius 2 is 1.80 bits per heavy atom. The van der Waals surface area contributed by atoms with Crippen LogP contribution < -0.4 is 20.1 Å². The van der Waals surface area contributed by atoms with Gasteiger partial charge in [-0.05, 0) is 62.4 Å². The number of hydrogen-bond donors (Lipinski definition) is 2. The molecule has 0 unspecified atom stereocenters. The minimum Gasteiger partial charge on any atom is -0.497 e. The van der Waals surface area contributed by atoms with E-state index in [1.165, 1.54) is 11.8 Å². The van der Waals surface area contributed by atoms with Crippen molar-refractivity contribution in [2.45, 2.75) is 31.6 Å². The zero-order valence-corrected chi connectivity index (χ0v) is 20.8. The molecule has 1 heterocycles. The second-order valence-electron chi connectivity index (χ2n) is 7.46. The lowest BCUT2D eigenvalue weighted by Gasteiger charge is -2.15. The second kappa shape index (κ2) is 12.6. The topological polar surface area (TPSA) is 107 Å². The molecule has 0 radical (unpaired) electrons. The molecule has 0 bridgehead atoms. The number of aromatic nitrogens is 3. The number of carbonyl (C=O) groups is 2. The van der Waals surface area contributed by atoms with Gasteiger partial charge >= 0.3 is 0 Å². The normalized spacial score (nSPS) is 11.4. The number of methoxy groups -OCH3 is 1. The number of nitrogens with one attached hydrogen (secondary N) is 2. The Balaban J connectivity index is 1.62. The summed E-state index contributed by atoms with van der Waals surface area (Å²) in [4.78, 5) is 25.1. The average molecular weight is 496 g/mol. The molecule has 0 aliphatic rings. The summed E-state index contributed by atoms with van der Waals surface area (Å²) in [7, 11) is 1.57. The first-order valence-corrected chi connectivity index (χ1v) is 12.1. The van der Waals surface area contributed by atoms with Gasteiger partial charge in [0.1, 0.15) is 11.5 Å². The van der Waals surface area contributed by atoms with Gasteiger partial charge in [-0.2, -0.15) is 0 Å². The zero-order chi connectivity index (χ0) is 25.2.